The van der Waals surface area contributed by atoms with Crippen molar-refractivity contribution in [1.82, 2.24) is 4.90 Å². The zero-order valence-electron chi connectivity index (χ0n) is 9.74. The summed E-state index contributed by atoms with van der Waals surface area (Å²) in [5, 5.41) is 0. The van der Waals surface area contributed by atoms with Gasteiger partial charge in [-0.1, -0.05) is 30.4 Å². The van der Waals surface area contributed by atoms with Gasteiger partial charge in [-0.3, -0.25) is 0 Å². The maximum absolute atomic E-state index is 11.9. The Morgan fingerprint density at radius 2 is 2.17 bits per heavy atom. The van der Waals surface area contributed by atoms with E-state index in [-0.39, 0.29) is 4.99 Å². The van der Waals surface area contributed by atoms with E-state index in [4.69, 9.17) is 27.4 Å². The van der Waals surface area contributed by atoms with Gasteiger partial charge in [0.15, 0.2) is 0 Å². The summed E-state index contributed by atoms with van der Waals surface area (Å²) in [6.45, 7) is 1.22. The summed E-state index contributed by atoms with van der Waals surface area (Å²) in [6, 6.07) is 8.92. The van der Waals surface area contributed by atoms with Gasteiger partial charge in [-0.05, 0) is 12.1 Å². The monoisotopic (exact) mass is 266 g/mol. The van der Waals surface area contributed by atoms with Crippen LogP contribution in [0.25, 0.3) is 0 Å². The Bertz CT molecular complexity index is 438. The number of nitrogens with two attached hydrogens (primary N) is 1. The second-order valence-electron chi connectivity index (χ2n) is 3.89. The minimum Gasteiger partial charge on any atom is -0.410 e. The molecule has 18 heavy (non-hydrogen) atoms. The van der Waals surface area contributed by atoms with Crippen LogP contribution in [0.15, 0.2) is 30.3 Å². The van der Waals surface area contributed by atoms with Gasteiger partial charge in [0, 0.05) is 6.54 Å². The molecule has 1 atom stereocenters. The Labute approximate surface area is 110 Å². The molecule has 1 fully saturated rings. The van der Waals surface area contributed by atoms with Crippen LogP contribution >= 0.6 is 12.2 Å². The molecule has 96 valence electrons. The Kier molecular flexibility index (Phi) is 4.11. The minimum absolute atomic E-state index is 0.257. The van der Waals surface area contributed by atoms with Crippen molar-refractivity contribution in [3.8, 4) is 5.75 Å². The molecule has 6 heteroatoms. The summed E-state index contributed by atoms with van der Waals surface area (Å²) in [7, 11) is 0. The molecule has 0 radical (unpaired) electrons. The number of carbonyl (C=O) groups is 1. The van der Waals surface area contributed by atoms with E-state index in [9.17, 15) is 4.79 Å². The van der Waals surface area contributed by atoms with Gasteiger partial charge in [0.2, 0.25) is 0 Å². The minimum atomic E-state index is -0.411. The third-order valence-electron chi connectivity index (χ3n) is 2.59. The van der Waals surface area contributed by atoms with E-state index in [1.165, 1.54) is 0 Å². The summed E-state index contributed by atoms with van der Waals surface area (Å²) in [4.78, 5) is 13.7. The summed E-state index contributed by atoms with van der Waals surface area (Å²) >= 11 is 4.86. The molecule has 1 aromatic carbocycles. The molecule has 0 saturated carbocycles. The first-order valence-corrected chi connectivity index (χ1v) is 6.00. The highest BCUT2D eigenvalue weighted by molar-refractivity contribution is 7.80. The molecular formula is C12H14N2O3S. The smallest absolute Gasteiger partial charge is 0.410 e. The quantitative estimate of drug-likeness (QED) is 0.814. The topological polar surface area (TPSA) is 64.8 Å². The van der Waals surface area contributed by atoms with Gasteiger partial charge in [-0.2, -0.15) is 0 Å². The second kappa shape index (κ2) is 5.79. The molecule has 0 bridgehead atoms. The predicted molar refractivity (Wildman–Crippen MR) is 70.6 cm³/mol. The molecule has 1 amide bonds. The van der Waals surface area contributed by atoms with Crippen molar-refractivity contribution in [2.24, 2.45) is 5.73 Å². The standard InChI is InChI=1S/C12H14N2O3S/c13-11(18)10-8-14(6-7-16-10)12(15)17-9-4-2-1-3-5-9/h1-5,10H,6-8H2,(H2,13,18). The number of ether oxygens (including phenoxy) is 2. The second-order valence-corrected chi connectivity index (χ2v) is 4.36. The molecule has 1 heterocycles. The number of morpholine rings is 1. The number of para-hydroxylation sites is 1. The van der Waals surface area contributed by atoms with Crippen molar-refractivity contribution in [2.45, 2.75) is 6.10 Å². The van der Waals surface area contributed by atoms with Crippen molar-refractivity contribution in [2.75, 3.05) is 19.7 Å². The van der Waals surface area contributed by atoms with Crippen LogP contribution in [0.2, 0.25) is 0 Å². The van der Waals surface area contributed by atoms with Crippen LogP contribution in [0.5, 0.6) is 5.75 Å². The van der Waals surface area contributed by atoms with Crippen LogP contribution in [0, 0.1) is 0 Å². The first kappa shape index (κ1) is 12.8. The summed E-state index contributed by atoms with van der Waals surface area (Å²) in [5.41, 5.74) is 5.51. The molecule has 1 unspecified atom stereocenters. The van der Waals surface area contributed by atoms with Crippen LogP contribution < -0.4 is 10.5 Å². The molecule has 5 nitrogen and oxygen atoms in total. The average Bonchev–Trinajstić information content (AvgIpc) is 2.40. The number of nitrogens with zero attached hydrogens (tertiary/aromatic N) is 1. The van der Waals surface area contributed by atoms with Gasteiger partial charge in [-0.25, -0.2) is 4.79 Å². The first-order valence-electron chi connectivity index (χ1n) is 5.59. The van der Waals surface area contributed by atoms with Crippen LogP contribution in [0.4, 0.5) is 4.79 Å². The Hall–Kier alpha value is -1.66. The molecule has 1 aliphatic rings. The van der Waals surface area contributed by atoms with Crippen molar-refractivity contribution < 1.29 is 14.3 Å². The van der Waals surface area contributed by atoms with Gasteiger partial charge in [-0.15, -0.1) is 0 Å². The largest absolute Gasteiger partial charge is 0.415 e. The van der Waals surface area contributed by atoms with Crippen molar-refractivity contribution in [1.29, 1.82) is 0 Å². The first-order chi connectivity index (χ1) is 8.66. The van der Waals surface area contributed by atoms with Gasteiger partial charge < -0.3 is 20.1 Å². The van der Waals surface area contributed by atoms with Crippen molar-refractivity contribution >= 4 is 23.3 Å². The summed E-state index contributed by atoms with van der Waals surface area (Å²) in [6.07, 6.45) is -0.803. The average molecular weight is 266 g/mol. The lowest BCUT2D eigenvalue weighted by atomic mass is 10.3. The molecule has 1 aromatic rings. The molecule has 1 saturated heterocycles. The third-order valence-corrected chi connectivity index (χ3v) is 2.85. The summed E-state index contributed by atoms with van der Waals surface area (Å²) in [5.74, 6) is 0.515. The lowest BCUT2D eigenvalue weighted by Crippen LogP contribution is -2.50. The fraction of sp³-hybridized carbons (Fsp3) is 0.333. The van der Waals surface area contributed by atoms with Crippen LogP contribution in [0.3, 0.4) is 0 Å². The third kappa shape index (κ3) is 3.18. The highest BCUT2D eigenvalue weighted by Crippen LogP contribution is 2.12. The van der Waals surface area contributed by atoms with Gasteiger partial charge >= 0.3 is 6.09 Å². The summed E-state index contributed by atoms with van der Waals surface area (Å²) < 4.78 is 10.6. The van der Waals surface area contributed by atoms with E-state index in [0.29, 0.717) is 25.4 Å². The van der Waals surface area contributed by atoms with E-state index in [2.05, 4.69) is 0 Å². The normalized spacial score (nSPS) is 19.3. The van der Waals surface area contributed by atoms with Gasteiger partial charge in [0.05, 0.1) is 13.2 Å². The molecule has 2 rings (SSSR count). The Morgan fingerprint density at radius 1 is 1.44 bits per heavy atom. The zero-order chi connectivity index (χ0) is 13.0. The lowest BCUT2D eigenvalue weighted by molar-refractivity contribution is 0.0137. The SMILES string of the molecule is NC(=S)C1CN(C(=O)Oc2ccccc2)CCO1. The number of thiocarbonyl (C=S) groups is 1. The van der Waals surface area contributed by atoms with Crippen molar-refractivity contribution in [3.05, 3.63) is 30.3 Å². The van der Waals surface area contributed by atoms with E-state index in [0.717, 1.165) is 0 Å². The van der Waals surface area contributed by atoms with Crippen LogP contribution in [-0.4, -0.2) is 41.8 Å². The van der Waals surface area contributed by atoms with E-state index < -0.39 is 12.2 Å². The van der Waals surface area contributed by atoms with E-state index >= 15 is 0 Å². The number of carbonyl (C=O) groups excluding carboxylic acids is 1. The number of hydrogen-bond donors (Lipinski definition) is 1. The molecule has 0 aromatic heterocycles. The molecule has 0 spiro atoms. The fourth-order valence-corrected chi connectivity index (χ4v) is 1.78. The number of hydrogen-bond acceptors (Lipinski definition) is 4. The number of amides is 1. The van der Waals surface area contributed by atoms with Gasteiger partial charge in [0.1, 0.15) is 16.8 Å². The Morgan fingerprint density at radius 3 is 2.83 bits per heavy atom. The Balaban J connectivity index is 1.95. The fourth-order valence-electron chi connectivity index (χ4n) is 1.64. The van der Waals surface area contributed by atoms with Crippen molar-refractivity contribution in [3.63, 3.8) is 0 Å². The highest BCUT2D eigenvalue weighted by atomic mass is 32.1. The number of rotatable bonds is 2. The van der Waals surface area contributed by atoms with Crippen LogP contribution in [-0.2, 0) is 4.74 Å². The molecule has 2 N–H and O–H groups in total. The molecular weight excluding hydrogens is 252 g/mol. The predicted octanol–water partition coefficient (Wildman–Crippen LogP) is 1.17. The lowest BCUT2D eigenvalue weighted by Gasteiger charge is -2.31. The van der Waals surface area contributed by atoms with Crippen LogP contribution in [0.1, 0.15) is 0 Å². The molecule has 1 aliphatic heterocycles. The maximum Gasteiger partial charge on any atom is 0.415 e. The number of benzene rings is 1. The van der Waals surface area contributed by atoms with E-state index in [1.54, 1.807) is 29.2 Å². The van der Waals surface area contributed by atoms with E-state index in [1.807, 2.05) is 6.07 Å². The van der Waals surface area contributed by atoms with Gasteiger partial charge in [0.25, 0.3) is 0 Å². The molecule has 0 aliphatic carbocycles. The maximum atomic E-state index is 11.9. The zero-order valence-corrected chi connectivity index (χ0v) is 10.6. The highest BCUT2D eigenvalue weighted by Gasteiger charge is 2.27.